The molecule has 4 rings (SSSR count). The van der Waals surface area contributed by atoms with Gasteiger partial charge < -0.3 is 28.4 Å². The lowest BCUT2D eigenvalue weighted by Gasteiger charge is -2.29. The van der Waals surface area contributed by atoms with Crippen molar-refractivity contribution in [2.45, 2.75) is 32.0 Å². The highest BCUT2D eigenvalue weighted by Gasteiger charge is 2.28. The summed E-state index contributed by atoms with van der Waals surface area (Å²) >= 11 is 0. The zero-order valence-corrected chi connectivity index (χ0v) is 21.0. The molecule has 0 aliphatic carbocycles. The van der Waals surface area contributed by atoms with Crippen molar-refractivity contribution in [3.63, 3.8) is 0 Å². The molecule has 2 amide bonds. The predicted molar refractivity (Wildman–Crippen MR) is 134 cm³/mol. The Hall–Kier alpha value is -3.85. The fraction of sp³-hybridized carbons (Fsp3) is 0.357. The molecular weight excluding hydrogens is 479 g/mol. The second-order valence-electron chi connectivity index (χ2n) is 8.88. The fourth-order valence-corrected chi connectivity index (χ4v) is 4.26. The van der Waals surface area contributed by atoms with Crippen LogP contribution in [0.15, 0.2) is 65.3 Å². The van der Waals surface area contributed by atoms with Gasteiger partial charge in [0.1, 0.15) is 29.6 Å². The van der Waals surface area contributed by atoms with E-state index in [4.69, 9.17) is 18.6 Å². The Balaban J connectivity index is 1.58. The first kappa shape index (κ1) is 26.2. The van der Waals surface area contributed by atoms with Gasteiger partial charge in [-0.2, -0.15) is 0 Å². The van der Waals surface area contributed by atoms with Gasteiger partial charge in [-0.1, -0.05) is 12.1 Å². The Labute approximate surface area is 215 Å². The van der Waals surface area contributed by atoms with Crippen molar-refractivity contribution in [2.75, 3.05) is 33.9 Å². The summed E-state index contributed by atoms with van der Waals surface area (Å²) in [5, 5.41) is 0. The highest BCUT2D eigenvalue weighted by molar-refractivity contribution is 5.97. The average molecular weight is 511 g/mol. The summed E-state index contributed by atoms with van der Waals surface area (Å²) in [4.78, 5) is 30.4. The monoisotopic (exact) mass is 510 g/mol. The van der Waals surface area contributed by atoms with E-state index in [0.717, 1.165) is 18.4 Å². The van der Waals surface area contributed by atoms with Gasteiger partial charge in [-0.05, 0) is 54.8 Å². The molecule has 196 valence electrons. The highest BCUT2D eigenvalue weighted by Crippen LogP contribution is 2.24. The molecule has 1 unspecified atom stereocenters. The lowest BCUT2D eigenvalue weighted by molar-refractivity contribution is -0.133. The van der Waals surface area contributed by atoms with E-state index >= 15 is 0 Å². The van der Waals surface area contributed by atoms with Crippen molar-refractivity contribution in [3.8, 4) is 11.5 Å². The van der Waals surface area contributed by atoms with Crippen LogP contribution in [-0.4, -0.2) is 61.6 Å². The van der Waals surface area contributed by atoms with Crippen molar-refractivity contribution in [2.24, 2.45) is 0 Å². The molecule has 0 saturated carbocycles. The summed E-state index contributed by atoms with van der Waals surface area (Å²) in [6.07, 6.45) is 3.10. The number of methoxy groups -OCH3 is 2. The molecule has 1 atom stereocenters. The zero-order valence-electron chi connectivity index (χ0n) is 21.0. The highest BCUT2D eigenvalue weighted by atomic mass is 19.1. The minimum Gasteiger partial charge on any atom is -0.497 e. The molecule has 8 nitrogen and oxygen atoms in total. The van der Waals surface area contributed by atoms with Gasteiger partial charge in [0.2, 0.25) is 5.91 Å². The van der Waals surface area contributed by atoms with Gasteiger partial charge in [-0.25, -0.2) is 4.39 Å². The second-order valence-corrected chi connectivity index (χ2v) is 8.88. The van der Waals surface area contributed by atoms with E-state index in [9.17, 15) is 14.0 Å². The summed E-state index contributed by atoms with van der Waals surface area (Å²) in [5.74, 6) is 0.589. The first-order chi connectivity index (χ1) is 17.9. The summed E-state index contributed by atoms with van der Waals surface area (Å²) in [6, 6.07) is 14.4. The van der Waals surface area contributed by atoms with Crippen molar-refractivity contribution < 1.29 is 32.6 Å². The fourth-order valence-electron chi connectivity index (χ4n) is 4.26. The molecule has 9 heteroatoms. The molecule has 1 saturated heterocycles. The minimum absolute atomic E-state index is 0.153. The van der Waals surface area contributed by atoms with Gasteiger partial charge >= 0.3 is 0 Å². The van der Waals surface area contributed by atoms with E-state index in [1.807, 2.05) is 0 Å². The molecule has 1 aliphatic heterocycles. The maximum Gasteiger partial charge on any atom is 0.254 e. The summed E-state index contributed by atoms with van der Waals surface area (Å²) in [5.41, 5.74) is 1.11. The van der Waals surface area contributed by atoms with Gasteiger partial charge in [0.15, 0.2) is 0 Å². The van der Waals surface area contributed by atoms with E-state index in [1.54, 1.807) is 53.6 Å². The smallest absolute Gasteiger partial charge is 0.254 e. The third kappa shape index (κ3) is 7.10. The molecule has 1 aromatic heterocycles. The van der Waals surface area contributed by atoms with Gasteiger partial charge in [0.05, 0.1) is 33.1 Å². The third-order valence-corrected chi connectivity index (χ3v) is 6.23. The number of benzene rings is 2. The molecule has 1 fully saturated rings. The van der Waals surface area contributed by atoms with E-state index in [1.165, 1.54) is 31.3 Å². The molecular formula is C28H31FN2O6. The van der Waals surface area contributed by atoms with Crippen LogP contribution < -0.4 is 9.47 Å². The van der Waals surface area contributed by atoms with Crippen LogP contribution in [0.4, 0.5) is 4.39 Å². The molecule has 2 heterocycles. The molecule has 0 spiro atoms. The van der Waals surface area contributed by atoms with E-state index in [-0.39, 0.29) is 49.9 Å². The molecule has 0 N–H and O–H groups in total. The number of halogens is 1. The Kier molecular flexibility index (Phi) is 8.79. The summed E-state index contributed by atoms with van der Waals surface area (Å²) < 4.78 is 35.3. The first-order valence-corrected chi connectivity index (χ1v) is 12.1. The summed E-state index contributed by atoms with van der Waals surface area (Å²) in [6.45, 7) is 1.17. The van der Waals surface area contributed by atoms with Crippen LogP contribution in [0.2, 0.25) is 0 Å². The average Bonchev–Trinajstić information content (AvgIpc) is 3.63. The molecule has 0 radical (unpaired) electrons. The van der Waals surface area contributed by atoms with Crippen LogP contribution in [0.1, 0.15) is 34.5 Å². The van der Waals surface area contributed by atoms with E-state index in [0.29, 0.717) is 29.4 Å². The van der Waals surface area contributed by atoms with Crippen LogP contribution >= 0.6 is 0 Å². The maximum atomic E-state index is 13.7. The summed E-state index contributed by atoms with van der Waals surface area (Å²) in [7, 11) is 3.03. The standard InChI is InChI=1S/C28H31FN2O6/c1-34-25-13-21(14-26(15-25)35-2)28(33)31(18-24-6-4-12-37-24)19-27(32)30(17-23-5-3-11-36-23)16-20-7-9-22(29)10-8-20/h3,5,7-11,13-15,24H,4,6,12,16-19H2,1-2H3. The number of nitrogens with zero attached hydrogens (tertiary/aromatic N) is 2. The van der Waals surface area contributed by atoms with E-state index in [2.05, 4.69) is 0 Å². The molecule has 37 heavy (non-hydrogen) atoms. The van der Waals surface area contributed by atoms with Crippen molar-refractivity contribution in [3.05, 3.63) is 83.6 Å². The number of carbonyl (C=O) groups excluding carboxylic acids is 2. The Morgan fingerprint density at radius 1 is 1.00 bits per heavy atom. The molecule has 1 aliphatic rings. The normalized spacial score (nSPS) is 14.8. The minimum atomic E-state index is -0.352. The largest absolute Gasteiger partial charge is 0.497 e. The van der Waals surface area contributed by atoms with Crippen LogP contribution in [0.25, 0.3) is 0 Å². The van der Waals surface area contributed by atoms with Crippen molar-refractivity contribution >= 4 is 11.8 Å². The number of rotatable bonds is 11. The van der Waals surface area contributed by atoms with E-state index < -0.39 is 0 Å². The lowest BCUT2D eigenvalue weighted by atomic mass is 10.1. The Morgan fingerprint density at radius 3 is 2.32 bits per heavy atom. The zero-order chi connectivity index (χ0) is 26.2. The van der Waals surface area contributed by atoms with Gasteiger partial charge in [-0.15, -0.1) is 0 Å². The predicted octanol–water partition coefficient (Wildman–Crippen LogP) is 4.29. The molecule has 2 aromatic carbocycles. The second kappa shape index (κ2) is 12.4. The topological polar surface area (TPSA) is 81.5 Å². The Bertz CT molecular complexity index is 1150. The quantitative estimate of drug-likeness (QED) is 0.383. The van der Waals surface area contributed by atoms with Crippen molar-refractivity contribution in [1.82, 2.24) is 9.80 Å². The number of amides is 2. The maximum absolute atomic E-state index is 13.7. The third-order valence-electron chi connectivity index (χ3n) is 6.23. The van der Waals surface area contributed by atoms with Gasteiger partial charge in [-0.3, -0.25) is 9.59 Å². The number of hydrogen-bond donors (Lipinski definition) is 0. The lowest BCUT2D eigenvalue weighted by Crippen LogP contribution is -2.45. The number of ether oxygens (including phenoxy) is 3. The van der Waals surface area contributed by atoms with Crippen molar-refractivity contribution in [1.29, 1.82) is 0 Å². The van der Waals surface area contributed by atoms with Crippen LogP contribution in [0, 0.1) is 5.82 Å². The Morgan fingerprint density at radius 2 is 1.73 bits per heavy atom. The van der Waals surface area contributed by atoms with Gasteiger partial charge in [0.25, 0.3) is 5.91 Å². The molecule has 0 bridgehead atoms. The number of hydrogen-bond acceptors (Lipinski definition) is 6. The van der Waals surface area contributed by atoms with Crippen LogP contribution in [0.3, 0.4) is 0 Å². The first-order valence-electron chi connectivity index (χ1n) is 12.1. The molecule has 3 aromatic rings. The van der Waals surface area contributed by atoms with Crippen LogP contribution in [0.5, 0.6) is 11.5 Å². The number of furan rings is 1. The van der Waals surface area contributed by atoms with Crippen LogP contribution in [-0.2, 0) is 22.6 Å². The van der Waals surface area contributed by atoms with Gasteiger partial charge in [0, 0.05) is 31.3 Å². The SMILES string of the molecule is COc1cc(OC)cc(C(=O)N(CC(=O)N(Cc2ccc(F)cc2)Cc2ccco2)CC2CCCO2)c1. The number of carbonyl (C=O) groups is 2.